The van der Waals surface area contributed by atoms with Crippen molar-refractivity contribution in [3.63, 3.8) is 0 Å². The zero-order valence-corrected chi connectivity index (χ0v) is 17.4. The molecule has 1 aliphatic rings. The minimum atomic E-state index is -0.145. The molecule has 158 valence electrons. The molecule has 2 aromatic carbocycles. The van der Waals surface area contributed by atoms with Gasteiger partial charge < -0.3 is 20.1 Å². The molecule has 1 fully saturated rings. The maximum Gasteiger partial charge on any atom is 0.244 e. The van der Waals surface area contributed by atoms with E-state index in [9.17, 15) is 9.59 Å². The monoisotopic (exact) mass is 408 g/mol. The molecule has 0 bridgehead atoms. The van der Waals surface area contributed by atoms with Gasteiger partial charge in [0, 0.05) is 43.9 Å². The number of anilines is 1. The van der Waals surface area contributed by atoms with E-state index < -0.39 is 0 Å². The van der Waals surface area contributed by atoms with Crippen molar-refractivity contribution in [1.29, 1.82) is 0 Å². The minimum Gasteiger partial charge on any atom is -0.497 e. The van der Waals surface area contributed by atoms with Gasteiger partial charge >= 0.3 is 0 Å². The lowest BCUT2D eigenvalue weighted by Crippen LogP contribution is -2.44. The van der Waals surface area contributed by atoms with E-state index in [0.29, 0.717) is 19.8 Å². The Balaban J connectivity index is 1.62. The number of benzene rings is 2. The number of carbonyl (C=O) groups is 2. The Hall–Kier alpha value is -3.12. The summed E-state index contributed by atoms with van der Waals surface area (Å²) in [6, 6.07) is 15.4. The maximum absolute atomic E-state index is 12.4. The lowest BCUT2D eigenvalue weighted by atomic mass is 9.74. The van der Waals surface area contributed by atoms with Crippen molar-refractivity contribution < 1.29 is 19.1 Å². The molecule has 3 rings (SSSR count). The average molecular weight is 408 g/mol. The highest BCUT2D eigenvalue weighted by molar-refractivity contribution is 5.92. The van der Waals surface area contributed by atoms with Gasteiger partial charge in [0.2, 0.25) is 11.8 Å². The van der Waals surface area contributed by atoms with Crippen LogP contribution in [0, 0.1) is 0 Å². The van der Waals surface area contributed by atoms with Crippen LogP contribution in [-0.2, 0) is 19.7 Å². The van der Waals surface area contributed by atoms with Crippen LogP contribution in [0.4, 0.5) is 5.69 Å². The number of hydrogen-bond acceptors (Lipinski definition) is 4. The van der Waals surface area contributed by atoms with Crippen LogP contribution in [0.25, 0.3) is 6.08 Å². The first-order valence-corrected chi connectivity index (χ1v) is 10.1. The standard InChI is InChI=1S/C24H28N2O4/c1-18(27)26-21-8-3-19(4-9-21)5-12-23(28)25-17-24(13-15-30-16-14-24)20-6-10-22(29-2)11-7-20/h3-12H,13-17H2,1-2H3,(H,25,28)(H,26,27)/b12-5+. The van der Waals surface area contributed by atoms with E-state index in [0.717, 1.165) is 29.8 Å². The molecule has 6 nitrogen and oxygen atoms in total. The van der Waals surface area contributed by atoms with Crippen LogP contribution in [0.2, 0.25) is 0 Å². The summed E-state index contributed by atoms with van der Waals surface area (Å²) >= 11 is 0. The fraction of sp³-hybridized carbons (Fsp3) is 0.333. The zero-order valence-electron chi connectivity index (χ0n) is 17.4. The number of methoxy groups -OCH3 is 1. The molecule has 2 N–H and O–H groups in total. The molecule has 1 aliphatic heterocycles. The fourth-order valence-corrected chi connectivity index (χ4v) is 3.64. The lowest BCUT2D eigenvalue weighted by Gasteiger charge is -2.38. The number of ether oxygens (including phenoxy) is 2. The van der Waals surface area contributed by atoms with Crippen molar-refractivity contribution in [2.24, 2.45) is 0 Å². The van der Waals surface area contributed by atoms with E-state index in [4.69, 9.17) is 9.47 Å². The summed E-state index contributed by atoms with van der Waals surface area (Å²) in [7, 11) is 1.65. The van der Waals surface area contributed by atoms with Crippen LogP contribution < -0.4 is 15.4 Å². The van der Waals surface area contributed by atoms with Crippen LogP contribution >= 0.6 is 0 Å². The third kappa shape index (κ3) is 5.70. The van der Waals surface area contributed by atoms with E-state index in [2.05, 4.69) is 22.8 Å². The van der Waals surface area contributed by atoms with E-state index in [1.165, 1.54) is 18.6 Å². The zero-order chi connectivity index (χ0) is 21.4. The van der Waals surface area contributed by atoms with Gasteiger partial charge in [0.15, 0.2) is 0 Å². The first-order valence-electron chi connectivity index (χ1n) is 10.1. The molecule has 2 aromatic rings. The largest absolute Gasteiger partial charge is 0.497 e. The van der Waals surface area contributed by atoms with E-state index in [1.54, 1.807) is 25.3 Å². The van der Waals surface area contributed by atoms with Gasteiger partial charge in [-0.3, -0.25) is 9.59 Å². The number of hydrogen-bond donors (Lipinski definition) is 2. The highest BCUT2D eigenvalue weighted by Gasteiger charge is 2.34. The van der Waals surface area contributed by atoms with Gasteiger partial charge in [-0.15, -0.1) is 0 Å². The van der Waals surface area contributed by atoms with Crippen LogP contribution in [0.5, 0.6) is 5.75 Å². The number of nitrogens with one attached hydrogen (secondary N) is 2. The number of carbonyl (C=O) groups excluding carboxylic acids is 2. The van der Waals surface area contributed by atoms with Gasteiger partial charge in [0.05, 0.1) is 7.11 Å². The fourth-order valence-electron chi connectivity index (χ4n) is 3.64. The molecule has 0 spiro atoms. The van der Waals surface area contributed by atoms with Crippen LogP contribution in [0.3, 0.4) is 0 Å². The summed E-state index contributed by atoms with van der Waals surface area (Å²) in [6.45, 7) is 3.37. The second-order valence-electron chi connectivity index (χ2n) is 7.48. The molecule has 1 saturated heterocycles. The summed E-state index contributed by atoms with van der Waals surface area (Å²) in [5.74, 6) is 0.564. The summed E-state index contributed by atoms with van der Waals surface area (Å²) in [6.07, 6.45) is 5.01. The Morgan fingerprint density at radius 3 is 2.33 bits per heavy atom. The molecular weight excluding hydrogens is 380 g/mol. The van der Waals surface area contributed by atoms with Gasteiger partial charge in [0.25, 0.3) is 0 Å². The SMILES string of the molecule is COc1ccc(C2(CNC(=O)/C=C/c3ccc(NC(C)=O)cc3)CCOCC2)cc1. The summed E-state index contributed by atoms with van der Waals surface area (Å²) < 4.78 is 10.8. The normalized spacial score (nSPS) is 15.5. The van der Waals surface area contributed by atoms with Gasteiger partial charge in [-0.05, 0) is 54.3 Å². The molecular formula is C24H28N2O4. The van der Waals surface area contributed by atoms with Gasteiger partial charge in [-0.25, -0.2) is 0 Å². The van der Waals surface area contributed by atoms with Crippen molar-refractivity contribution in [3.8, 4) is 5.75 Å². The first-order chi connectivity index (χ1) is 14.5. The Labute approximate surface area is 177 Å². The molecule has 0 unspecified atom stereocenters. The summed E-state index contributed by atoms with van der Waals surface area (Å²) in [5, 5.41) is 5.78. The Morgan fingerprint density at radius 2 is 1.73 bits per heavy atom. The Bertz CT molecular complexity index is 882. The second kappa shape index (κ2) is 10.1. The molecule has 30 heavy (non-hydrogen) atoms. The van der Waals surface area contributed by atoms with Gasteiger partial charge in [0.1, 0.15) is 5.75 Å². The Morgan fingerprint density at radius 1 is 1.07 bits per heavy atom. The highest BCUT2D eigenvalue weighted by atomic mass is 16.5. The third-order valence-corrected chi connectivity index (χ3v) is 5.41. The maximum atomic E-state index is 12.4. The molecule has 1 heterocycles. The summed E-state index contributed by atoms with van der Waals surface area (Å²) in [4.78, 5) is 23.5. The van der Waals surface area contributed by atoms with Crippen molar-refractivity contribution >= 4 is 23.6 Å². The Kier molecular flexibility index (Phi) is 7.25. The quantitative estimate of drug-likeness (QED) is 0.687. The lowest BCUT2D eigenvalue weighted by molar-refractivity contribution is -0.117. The minimum absolute atomic E-state index is 0.114. The number of amides is 2. The van der Waals surface area contributed by atoms with Crippen molar-refractivity contribution in [3.05, 3.63) is 65.7 Å². The third-order valence-electron chi connectivity index (χ3n) is 5.41. The molecule has 6 heteroatoms. The predicted molar refractivity (Wildman–Crippen MR) is 118 cm³/mol. The molecule has 0 aliphatic carbocycles. The van der Waals surface area contributed by atoms with Gasteiger partial charge in [-0.2, -0.15) is 0 Å². The van der Waals surface area contributed by atoms with Crippen LogP contribution in [0.15, 0.2) is 54.6 Å². The van der Waals surface area contributed by atoms with E-state index in [-0.39, 0.29) is 17.2 Å². The van der Waals surface area contributed by atoms with Crippen LogP contribution in [-0.4, -0.2) is 38.7 Å². The highest BCUT2D eigenvalue weighted by Crippen LogP contribution is 2.35. The molecule has 0 aromatic heterocycles. The van der Waals surface area contributed by atoms with E-state index in [1.807, 2.05) is 24.3 Å². The van der Waals surface area contributed by atoms with Gasteiger partial charge in [-0.1, -0.05) is 24.3 Å². The van der Waals surface area contributed by atoms with Crippen LogP contribution in [0.1, 0.15) is 30.9 Å². The first kappa shape index (κ1) is 21.6. The van der Waals surface area contributed by atoms with E-state index >= 15 is 0 Å². The number of rotatable bonds is 7. The van der Waals surface area contributed by atoms with Crippen molar-refractivity contribution in [2.75, 3.05) is 32.2 Å². The molecule has 0 saturated carbocycles. The average Bonchev–Trinajstić information content (AvgIpc) is 2.77. The van der Waals surface area contributed by atoms with Crippen molar-refractivity contribution in [2.45, 2.75) is 25.2 Å². The molecule has 2 amide bonds. The second-order valence-corrected chi connectivity index (χ2v) is 7.48. The summed E-state index contributed by atoms with van der Waals surface area (Å²) in [5.41, 5.74) is 2.65. The topological polar surface area (TPSA) is 76.7 Å². The smallest absolute Gasteiger partial charge is 0.244 e. The molecule has 0 radical (unpaired) electrons. The molecule has 0 atom stereocenters. The van der Waals surface area contributed by atoms with Crippen molar-refractivity contribution in [1.82, 2.24) is 5.32 Å². The predicted octanol–water partition coefficient (Wildman–Crippen LogP) is 3.53.